The van der Waals surface area contributed by atoms with Crippen molar-refractivity contribution in [2.24, 2.45) is 0 Å². The normalized spacial score (nSPS) is 24.3. The van der Waals surface area contributed by atoms with Gasteiger partial charge >= 0.3 is 0 Å². The van der Waals surface area contributed by atoms with E-state index in [2.05, 4.69) is 28.7 Å². The maximum Gasteiger partial charge on any atom is 0.244 e. The van der Waals surface area contributed by atoms with Crippen LogP contribution in [0.25, 0.3) is 0 Å². The van der Waals surface area contributed by atoms with Crippen LogP contribution in [0.4, 0.5) is 0 Å². The van der Waals surface area contributed by atoms with Crippen molar-refractivity contribution in [3.05, 3.63) is 60.2 Å². The molecule has 4 rings (SSSR count). The van der Waals surface area contributed by atoms with E-state index in [1.165, 1.54) is 0 Å². The zero-order valence-electron chi connectivity index (χ0n) is 14.5. The number of β-lactam (4-membered cyclic amide) rings is 1. The highest BCUT2D eigenvalue weighted by molar-refractivity contribution is 8.01. The standard InChI is InChI=1S/C19H22N4OS/c1-19(2)13-23-17(24)16(18(23)25-19)22(11-14-7-3-5-9-20-14)12-15-8-4-6-10-21-15/h3-10,16,18H,11-13H2,1-2H3. The molecule has 2 aromatic heterocycles. The fourth-order valence-electron chi connectivity index (χ4n) is 3.56. The van der Waals surface area contributed by atoms with Crippen molar-refractivity contribution in [2.45, 2.75) is 43.1 Å². The second-order valence-electron chi connectivity index (χ2n) is 7.23. The number of hydrogen-bond acceptors (Lipinski definition) is 5. The Morgan fingerprint density at radius 2 is 1.72 bits per heavy atom. The summed E-state index contributed by atoms with van der Waals surface area (Å²) in [4.78, 5) is 25.9. The molecule has 4 heterocycles. The van der Waals surface area contributed by atoms with Gasteiger partial charge in [0.25, 0.3) is 0 Å². The summed E-state index contributed by atoms with van der Waals surface area (Å²) in [5, 5.41) is 0.231. The molecule has 5 nitrogen and oxygen atoms in total. The van der Waals surface area contributed by atoms with E-state index in [1.54, 1.807) is 12.4 Å². The van der Waals surface area contributed by atoms with E-state index in [0.717, 1.165) is 17.9 Å². The maximum absolute atomic E-state index is 12.8. The molecule has 0 bridgehead atoms. The van der Waals surface area contributed by atoms with Crippen LogP contribution in [0.2, 0.25) is 0 Å². The number of carbonyl (C=O) groups is 1. The first-order valence-corrected chi connectivity index (χ1v) is 9.44. The van der Waals surface area contributed by atoms with Crippen molar-refractivity contribution in [3.8, 4) is 0 Å². The Morgan fingerprint density at radius 1 is 1.12 bits per heavy atom. The van der Waals surface area contributed by atoms with Crippen molar-refractivity contribution in [1.82, 2.24) is 19.8 Å². The Labute approximate surface area is 152 Å². The molecule has 2 atom stereocenters. The lowest BCUT2D eigenvalue weighted by Gasteiger charge is -2.47. The van der Waals surface area contributed by atoms with Crippen molar-refractivity contribution in [2.75, 3.05) is 6.54 Å². The number of thioether (sulfide) groups is 1. The predicted molar refractivity (Wildman–Crippen MR) is 98.7 cm³/mol. The highest BCUT2D eigenvalue weighted by Crippen LogP contribution is 2.48. The summed E-state index contributed by atoms with van der Waals surface area (Å²) in [6.07, 6.45) is 3.60. The van der Waals surface area contributed by atoms with Gasteiger partial charge < -0.3 is 4.90 Å². The summed E-state index contributed by atoms with van der Waals surface area (Å²) in [5.41, 5.74) is 1.96. The lowest BCUT2D eigenvalue weighted by atomic mass is 10.0. The number of hydrogen-bond donors (Lipinski definition) is 0. The van der Waals surface area contributed by atoms with Gasteiger partial charge in [-0.3, -0.25) is 19.7 Å². The van der Waals surface area contributed by atoms with E-state index in [0.29, 0.717) is 13.1 Å². The lowest BCUT2D eigenvalue weighted by Crippen LogP contribution is -2.66. The van der Waals surface area contributed by atoms with Gasteiger partial charge in [0.1, 0.15) is 11.4 Å². The van der Waals surface area contributed by atoms with Crippen LogP contribution in [0.5, 0.6) is 0 Å². The minimum absolute atomic E-state index is 0.101. The third-order valence-corrected chi connectivity index (χ3v) is 6.20. The second-order valence-corrected chi connectivity index (χ2v) is 9.05. The van der Waals surface area contributed by atoms with Gasteiger partial charge in [-0.1, -0.05) is 12.1 Å². The largest absolute Gasteiger partial charge is 0.326 e. The van der Waals surface area contributed by atoms with Crippen molar-refractivity contribution < 1.29 is 4.79 Å². The average molecular weight is 354 g/mol. The Morgan fingerprint density at radius 3 is 2.24 bits per heavy atom. The van der Waals surface area contributed by atoms with Gasteiger partial charge in [-0.2, -0.15) is 0 Å². The van der Waals surface area contributed by atoms with Crippen LogP contribution in [0, 0.1) is 0 Å². The quantitative estimate of drug-likeness (QED) is 0.773. The van der Waals surface area contributed by atoms with Crippen molar-refractivity contribution in [1.29, 1.82) is 0 Å². The van der Waals surface area contributed by atoms with Gasteiger partial charge in [-0.05, 0) is 38.1 Å². The molecule has 0 aromatic carbocycles. The summed E-state index contributed by atoms with van der Waals surface area (Å²) < 4.78 is 0.122. The molecule has 2 aliphatic rings. The Hall–Kier alpha value is -1.92. The maximum atomic E-state index is 12.8. The summed E-state index contributed by atoms with van der Waals surface area (Å²) >= 11 is 1.90. The topological polar surface area (TPSA) is 49.3 Å². The van der Waals surface area contributed by atoms with Crippen LogP contribution in [0.15, 0.2) is 48.8 Å². The van der Waals surface area contributed by atoms with Crippen LogP contribution < -0.4 is 0 Å². The minimum Gasteiger partial charge on any atom is -0.326 e. The smallest absolute Gasteiger partial charge is 0.244 e. The first-order chi connectivity index (χ1) is 12.0. The Balaban J connectivity index is 1.58. The highest BCUT2D eigenvalue weighted by atomic mass is 32.2. The van der Waals surface area contributed by atoms with Gasteiger partial charge in [0.2, 0.25) is 5.91 Å². The molecular weight excluding hydrogens is 332 g/mol. The molecule has 2 aliphatic heterocycles. The zero-order valence-corrected chi connectivity index (χ0v) is 15.3. The van der Waals surface area contributed by atoms with E-state index >= 15 is 0 Å². The summed E-state index contributed by atoms with van der Waals surface area (Å²) in [6, 6.07) is 11.7. The third-order valence-electron chi connectivity index (χ3n) is 4.68. The summed E-state index contributed by atoms with van der Waals surface area (Å²) in [7, 11) is 0. The van der Waals surface area contributed by atoms with Gasteiger partial charge in [0.05, 0.1) is 11.4 Å². The number of carbonyl (C=O) groups excluding carboxylic acids is 1. The van der Waals surface area contributed by atoms with Crippen LogP contribution in [-0.2, 0) is 17.9 Å². The molecule has 0 aliphatic carbocycles. The minimum atomic E-state index is -0.101. The zero-order chi connectivity index (χ0) is 17.4. The summed E-state index contributed by atoms with van der Waals surface area (Å²) in [5.74, 6) is 0.231. The Kier molecular flexibility index (Phi) is 4.25. The predicted octanol–water partition coefficient (Wildman–Crippen LogP) is 2.54. The molecule has 2 unspecified atom stereocenters. The molecule has 25 heavy (non-hydrogen) atoms. The first kappa shape index (κ1) is 16.5. The first-order valence-electron chi connectivity index (χ1n) is 8.56. The number of rotatable bonds is 5. The second kappa shape index (κ2) is 6.42. The highest BCUT2D eigenvalue weighted by Gasteiger charge is 2.57. The van der Waals surface area contributed by atoms with E-state index < -0.39 is 0 Å². The van der Waals surface area contributed by atoms with Crippen molar-refractivity contribution >= 4 is 17.7 Å². The molecule has 130 valence electrons. The van der Waals surface area contributed by atoms with E-state index in [1.807, 2.05) is 53.1 Å². The Bertz CT molecular complexity index is 711. The summed E-state index contributed by atoms with van der Waals surface area (Å²) in [6.45, 7) is 6.56. The molecule has 2 saturated heterocycles. The fraction of sp³-hybridized carbons (Fsp3) is 0.421. The SMILES string of the molecule is CC1(C)CN2C(=O)C(N(Cc3ccccn3)Cc3ccccn3)C2S1. The molecular formula is C19H22N4OS. The average Bonchev–Trinajstić information content (AvgIpc) is 2.88. The molecule has 2 aromatic rings. The third kappa shape index (κ3) is 3.28. The van der Waals surface area contributed by atoms with Gasteiger partial charge in [-0.25, -0.2) is 0 Å². The van der Waals surface area contributed by atoms with Crippen LogP contribution in [0.1, 0.15) is 25.2 Å². The van der Waals surface area contributed by atoms with Crippen molar-refractivity contribution in [3.63, 3.8) is 0 Å². The monoisotopic (exact) mass is 354 g/mol. The number of pyridine rings is 2. The molecule has 6 heteroatoms. The number of aromatic nitrogens is 2. The number of amides is 1. The lowest BCUT2D eigenvalue weighted by molar-refractivity contribution is -0.153. The van der Waals surface area contributed by atoms with Crippen LogP contribution >= 0.6 is 11.8 Å². The van der Waals surface area contributed by atoms with Gasteiger partial charge in [0.15, 0.2) is 0 Å². The molecule has 0 saturated carbocycles. The van der Waals surface area contributed by atoms with Crippen LogP contribution in [-0.4, -0.2) is 48.4 Å². The van der Waals surface area contributed by atoms with E-state index in [-0.39, 0.29) is 22.1 Å². The number of fused-ring (bicyclic) bond motifs is 1. The molecule has 2 fully saturated rings. The molecule has 0 radical (unpaired) electrons. The number of nitrogens with zero attached hydrogens (tertiary/aromatic N) is 4. The van der Waals surface area contributed by atoms with E-state index in [9.17, 15) is 4.79 Å². The van der Waals surface area contributed by atoms with Gasteiger partial charge in [0, 0.05) is 36.8 Å². The molecule has 1 amide bonds. The molecule has 0 N–H and O–H groups in total. The van der Waals surface area contributed by atoms with E-state index in [4.69, 9.17) is 0 Å². The van der Waals surface area contributed by atoms with Crippen LogP contribution in [0.3, 0.4) is 0 Å². The fourth-order valence-corrected chi connectivity index (χ4v) is 5.15. The van der Waals surface area contributed by atoms with Gasteiger partial charge in [-0.15, -0.1) is 11.8 Å². The molecule has 0 spiro atoms.